The van der Waals surface area contributed by atoms with Crippen molar-refractivity contribution < 1.29 is 4.74 Å². The van der Waals surface area contributed by atoms with Crippen molar-refractivity contribution in [1.29, 1.82) is 0 Å². The quantitative estimate of drug-likeness (QED) is 0.234. The van der Waals surface area contributed by atoms with Crippen LogP contribution in [0.4, 0.5) is 5.69 Å². The van der Waals surface area contributed by atoms with E-state index in [1.165, 1.54) is 27.6 Å². The summed E-state index contributed by atoms with van der Waals surface area (Å²) in [6.07, 6.45) is 3.05. The summed E-state index contributed by atoms with van der Waals surface area (Å²) in [5.41, 5.74) is 6.07. The number of hydrogen-bond donors (Lipinski definition) is 4. The Balaban J connectivity index is 1.52. The number of fused-ring (bicyclic) bond motifs is 1. The fraction of sp³-hybridized carbons (Fsp3) is 0.375. The predicted molar refractivity (Wildman–Crippen MR) is 126 cm³/mol. The van der Waals surface area contributed by atoms with E-state index in [2.05, 4.69) is 83.4 Å². The molecule has 0 spiro atoms. The van der Waals surface area contributed by atoms with E-state index in [9.17, 15) is 0 Å². The van der Waals surface area contributed by atoms with Gasteiger partial charge in [-0.1, -0.05) is 24.3 Å². The summed E-state index contributed by atoms with van der Waals surface area (Å²) in [7, 11) is 1.71. The highest BCUT2D eigenvalue weighted by molar-refractivity contribution is 5.84. The van der Waals surface area contributed by atoms with Crippen molar-refractivity contribution in [2.75, 3.05) is 38.7 Å². The zero-order valence-electron chi connectivity index (χ0n) is 18.2. The lowest BCUT2D eigenvalue weighted by molar-refractivity contribution is 0.211. The van der Waals surface area contributed by atoms with Gasteiger partial charge in [0, 0.05) is 49.5 Å². The summed E-state index contributed by atoms with van der Waals surface area (Å²) in [5.74, 6) is 0.843. The molecule has 0 aliphatic heterocycles. The molecule has 0 saturated carbocycles. The molecular formula is C24H33N5O. The molecule has 1 heterocycles. The summed E-state index contributed by atoms with van der Waals surface area (Å²) in [6.45, 7) is 8.00. The van der Waals surface area contributed by atoms with Crippen molar-refractivity contribution in [2.24, 2.45) is 4.99 Å². The maximum Gasteiger partial charge on any atom is 0.191 e. The van der Waals surface area contributed by atoms with Gasteiger partial charge in [0.15, 0.2) is 5.96 Å². The fourth-order valence-electron chi connectivity index (χ4n) is 3.36. The number of aryl methyl sites for hydroxylation is 1. The van der Waals surface area contributed by atoms with E-state index in [-0.39, 0.29) is 0 Å². The third-order valence-electron chi connectivity index (χ3n) is 4.96. The lowest BCUT2D eigenvalue weighted by atomic mass is 10.1. The number of anilines is 1. The number of aliphatic imine (C=N–C) groups is 1. The second kappa shape index (κ2) is 11.3. The van der Waals surface area contributed by atoms with Gasteiger partial charge in [0.05, 0.1) is 13.2 Å². The minimum absolute atomic E-state index is 0.639. The van der Waals surface area contributed by atoms with Gasteiger partial charge >= 0.3 is 0 Å². The lowest BCUT2D eigenvalue weighted by Gasteiger charge is -2.11. The fourth-order valence-corrected chi connectivity index (χ4v) is 3.36. The Morgan fingerprint density at radius 1 is 1.07 bits per heavy atom. The number of H-pyrrole nitrogens is 1. The first-order chi connectivity index (χ1) is 14.7. The summed E-state index contributed by atoms with van der Waals surface area (Å²) >= 11 is 0. The average molecular weight is 408 g/mol. The van der Waals surface area contributed by atoms with Gasteiger partial charge in [-0.05, 0) is 55.2 Å². The minimum Gasteiger partial charge on any atom is -0.383 e. The minimum atomic E-state index is 0.639. The van der Waals surface area contributed by atoms with E-state index < -0.39 is 0 Å². The van der Waals surface area contributed by atoms with E-state index in [0.717, 1.165) is 37.7 Å². The van der Waals surface area contributed by atoms with Gasteiger partial charge in [0.25, 0.3) is 0 Å². The van der Waals surface area contributed by atoms with E-state index in [1.54, 1.807) is 7.11 Å². The van der Waals surface area contributed by atoms with Crippen LogP contribution in [0.1, 0.15) is 23.6 Å². The SMILES string of the molecule is CCNC(=NCc1ccc(NCCOC)cc1)NCCc1c[nH]c2cc(C)ccc12. The second-order valence-corrected chi connectivity index (χ2v) is 7.35. The molecule has 0 aliphatic rings. The molecule has 160 valence electrons. The highest BCUT2D eigenvalue weighted by atomic mass is 16.5. The van der Waals surface area contributed by atoms with Crippen LogP contribution in [0, 0.1) is 6.92 Å². The number of methoxy groups -OCH3 is 1. The standard InChI is InChI=1S/C24H33N5O/c1-4-25-24(29-16-19-6-8-21(9-7-19)26-13-14-30-3)27-12-11-20-17-28-23-15-18(2)5-10-22(20)23/h5-10,15,17,26,28H,4,11-14,16H2,1-3H3,(H2,25,27,29). The summed E-state index contributed by atoms with van der Waals surface area (Å²) in [4.78, 5) is 8.10. The first kappa shape index (κ1) is 21.7. The van der Waals surface area contributed by atoms with Gasteiger partial charge in [-0.25, -0.2) is 4.99 Å². The molecule has 0 saturated heterocycles. The lowest BCUT2D eigenvalue weighted by Crippen LogP contribution is -2.38. The second-order valence-electron chi connectivity index (χ2n) is 7.35. The molecule has 0 amide bonds. The average Bonchev–Trinajstić information content (AvgIpc) is 3.15. The van der Waals surface area contributed by atoms with Gasteiger partial charge < -0.3 is 25.7 Å². The number of guanidine groups is 1. The van der Waals surface area contributed by atoms with Crippen molar-refractivity contribution in [3.05, 3.63) is 65.4 Å². The Labute approximate surface area is 179 Å². The summed E-state index contributed by atoms with van der Waals surface area (Å²) in [5, 5.41) is 11.4. The molecule has 4 N–H and O–H groups in total. The Kier molecular flexibility index (Phi) is 8.15. The molecule has 0 radical (unpaired) electrons. The van der Waals surface area contributed by atoms with Crippen LogP contribution in [0.2, 0.25) is 0 Å². The number of rotatable bonds is 10. The number of benzene rings is 2. The molecular weight excluding hydrogens is 374 g/mol. The summed E-state index contributed by atoms with van der Waals surface area (Å²) in [6, 6.07) is 14.9. The predicted octanol–water partition coefficient (Wildman–Crippen LogP) is 3.83. The molecule has 6 heteroatoms. The van der Waals surface area contributed by atoms with E-state index in [4.69, 9.17) is 9.73 Å². The molecule has 2 aromatic carbocycles. The van der Waals surface area contributed by atoms with Crippen LogP contribution in [-0.4, -0.2) is 44.3 Å². The van der Waals surface area contributed by atoms with Crippen LogP contribution in [0.5, 0.6) is 0 Å². The molecule has 0 fully saturated rings. The van der Waals surface area contributed by atoms with Crippen molar-refractivity contribution in [3.8, 4) is 0 Å². The molecule has 3 rings (SSSR count). The Morgan fingerprint density at radius 2 is 1.90 bits per heavy atom. The van der Waals surface area contributed by atoms with E-state index in [0.29, 0.717) is 13.2 Å². The molecule has 0 aliphatic carbocycles. The van der Waals surface area contributed by atoms with E-state index in [1.807, 2.05) is 0 Å². The maximum absolute atomic E-state index is 5.06. The molecule has 0 unspecified atom stereocenters. The largest absolute Gasteiger partial charge is 0.383 e. The van der Waals surface area contributed by atoms with Crippen molar-refractivity contribution in [2.45, 2.75) is 26.8 Å². The molecule has 30 heavy (non-hydrogen) atoms. The van der Waals surface area contributed by atoms with Crippen LogP contribution in [0.25, 0.3) is 10.9 Å². The van der Waals surface area contributed by atoms with Crippen molar-refractivity contribution >= 4 is 22.5 Å². The highest BCUT2D eigenvalue weighted by Gasteiger charge is 2.04. The molecule has 3 aromatic rings. The third kappa shape index (κ3) is 6.26. The van der Waals surface area contributed by atoms with Gasteiger partial charge in [-0.3, -0.25) is 0 Å². The first-order valence-electron chi connectivity index (χ1n) is 10.6. The van der Waals surface area contributed by atoms with E-state index >= 15 is 0 Å². The van der Waals surface area contributed by atoms with Gasteiger partial charge in [-0.2, -0.15) is 0 Å². The Hall–Kier alpha value is -2.99. The topological polar surface area (TPSA) is 73.5 Å². The number of aromatic nitrogens is 1. The number of nitrogens with one attached hydrogen (secondary N) is 4. The molecule has 0 bridgehead atoms. The van der Waals surface area contributed by atoms with Crippen LogP contribution < -0.4 is 16.0 Å². The molecule has 1 aromatic heterocycles. The summed E-state index contributed by atoms with van der Waals surface area (Å²) < 4.78 is 5.06. The first-order valence-corrected chi connectivity index (χ1v) is 10.6. The smallest absolute Gasteiger partial charge is 0.191 e. The zero-order valence-corrected chi connectivity index (χ0v) is 18.2. The van der Waals surface area contributed by atoms with Gasteiger partial charge in [0.1, 0.15) is 0 Å². The Morgan fingerprint density at radius 3 is 2.67 bits per heavy atom. The van der Waals surface area contributed by atoms with Crippen LogP contribution >= 0.6 is 0 Å². The zero-order chi connectivity index (χ0) is 21.2. The van der Waals surface area contributed by atoms with Crippen LogP contribution in [0.3, 0.4) is 0 Å². The van der Waals surface area contributed by atoms with Crippen molar-refractivity contribution in [3.63, 3.8) is 0 Å². The monoisotopic (exact) mass is 407 g/mol. The van der Waals surface area contributed by atoms with Gasteiger partial charge in [0.2, 0.25) is 0 Å². The number of hydrogen-bond acceptors (Lipinski definition) is 3. The molecule has 0 atom stereocenters. The number of aromatic amines is 1. The number of nitrogens with zero attached hydrogens (tertiary/aromatic N) is 1. The highest BCUT2D eigenvalue weighted by Crippen LogP contribution is 2.19. The Bertz CT molecular complexity index is 946. The van der Waals surface area contributed by atoms with Crippen molar-refractivity contribution in [1.82, 2.24) is 15.6 Å². The third-order valence-corrected chi connectivity index (χ3v) is 4.96. The molecule has 6 nitrogen and oxygen atoms in total. The van der Waals surface area contributed by atoms with Crippen LogP contribution in [-0.2, 0) is 17.7 Å². The number of ether oxygens (including phenoxy) is 1. The normalized spacial score (nSPS) is 11.6. The maximum atomic E-state index is 5.06. The van der Waals surface area contributed by atoms with Crippen LogP contribution in [0.15, 0.2) is 53.7 Å². The van der Waals surface area contributed by atoms with Gasteiger partial charge in [-0.15, -0.1) is 0 Å².